The highest BCUT2D eigenvalue weighted by atomic mass is 32.2. The first-order valence-electron chi connectivity index (χ1n) is 9.43. The lowest BCUT2D eigenvalue weighted by atomic mass is 9.97. The lowest BCUT2D eigenvalue weighted by molar-refractivity contribution is -0.129. The van der Waals surface area contributed by atoms with E-state index in [4.69, 9.17) is 10.2 Å². The Balaban J connectivity index is 1.25. The van der Waals surface area contributed by atoms with Crippen molar-refractivity contribution in [3.8, 4) is 6.07 Å². The zero-order valence-electron chi connectivity index (χ0n) is 15.5. The summed E-state index contributed by atoms with van der Waals surface area (Å²) in [5.41, 5.74) is 2.90. The van der Waals surface area contributed by atoms with Gasteiger partial charge in [-0.3, -0.25) is 4.79 Å². The van der Waals surface area contributed by atoms with E-state index in [0.717, 1.165) is 42.8 Å². The topological polar surface area (TPSA) is 57.0 Å². The van der Waals surface area contributed by atoms with E-state index in [1.807, 2.05) is 35.2 Å². The molecule has 0 saturated carbocycles. The number of amides is 1. The average molecular weight is 408 g/mol. The van der Waals surface area contributed by atoms with Crippen LogP contribution in [0.4, 0.5) is 0 Å². The van der Waals surface area contributed by atoms with Crippen LogP contribution in [0.3, 0.4) is 0 Å². The summed E-state index contributed by atoms with van der Waals surface area (Å²) in [6.07, 6.45) is 1.98. The maximum absolute atomic E-state index is 12.5. The molecule has 0 bridgehead atoms. The van der Waals surface area contributed by atoms with Crippen molar-refractivity contribution >= 4 is 39.2 Å². The molecule has 1 fully saturated rings. The summed E-state index contributed by atoms with van der Waals surface area (Å²) in [7, 11) is 0. The average Bonchev–Trinajstić information content (AvgIpc) is 3.18. The van der Waals surface area contributed by atoms with Crippen molar-refractivity contribution in [1.29, 1.82) is 5.26 Å². The van der Waals surface area contributed by atoms with Gasteiger partial charge in [-0.05, 0) is 42.7 Å². The van der Waals surface area contributed by atoms with Gasteiger partial charge in [0.25, 0.3) is 0 Å². The Bertz CT molecular complexity index is 966. The highest BCUT2D eigenvalue weighted by molar-refractivity contribution is 7.99. The van der Waals surface area contributed by atoms with Gasteiger partial charge < -0.3 is 4.90 Å². The molecule has 0 aliphatic carbocycles. The summed E-state index contributed by atoms with van der Waals surface area (Å²) in [5.74, 6) is 1.99. The van der Waals surface area contributed by atoms with Gasteiger partial charge in [0.05, 0.1) is 32.6 Å². The lowest BCUT2D eigenvalue weighted by Gasteiger charge is -2.31. The molecular weight excluding hydrogens is 386 g/mol. The fourth-order valence-electron chi connectivity index (χ4n) is 3.46. The third-order valence-electron chi connectivity index (χ3n) is 5.08. The van der Waals surface area contributed by atoms with Crippen LogP contribution in [0, 0.1) is 11.3 Å². The van der Waals surface area contributed by atoms with Crippen LogP contribution in [0.5, 0.6) is 0 Å². The number of para-hydroxylation sites is 1. The van der Waals surface area contributed by atoms with Crippen molar-refractivity contribution in [3.63, 3.8) is 0 Å². The minimum Gasteiger partial charge on any atom is -0.342 e. The van der Waals surface area contributed by atoms with E-state index in [0.29, 0.717) is 17.2 Å². The first-order valence-corrected chi connectivity index (χ1v) is 11.4. The molecule has 2 aromatic carbocycles. The Morgan fingerprint density at radius 3 is 2.64 bits per heavy atom. The largest absolute Gasteiger partial charge is 0.342 e. The fraction of sp³-hybridized carbons (Fsp3) is 0.318. The molecular formula is C22H21N3OS2. The number of fused-ring (bicyclic) bond motifs is 1. The van der Waals surface area contributed by atoms with Gasteiger partial charge in [-0.25, -0.2) is 4.98 Å². The summed E-state index contributed by atoms with van der Waals surface area (Å²) in [4.78, 5) is 19.3. The monoisotopic (exact) mass is 407 g/mol. The molecule has 3 aromatic rings. The zero-order valence-corrected chi connectivity index (χ0v) is 17.1. The van der Waals surface area contributed by atoms with Crippen LogP contribution < -0.4 is 0 Å². The summed E-state index contributed by atoms with van der Waals surface area (Å²) in [6, 6.07) is 18.0. The van der Waals surface area contributed by atoms with E-state index in [1.54, 1.807) is 23.1 Å². The van der Waals surface area contributed by atoms with Crippen LogP contribution in [0.1, 0.15) is 34.9 Å². The Hall–Kier alpha value is -2.36. The van der Waals surface area contributed by atoms with E-state index >= 15 is 0 Å². The van der Waals surface area contributed by atoms with Gasteiger partial charge in [-0.2, -0.15) is 5.26 Å². The van der Waals surface area contributed by atoms with Crippen molar-refractivity contribution in [1.82, 2.24) is 9.88 Å². The number of carbonyl (C=O) groups is 1. The third-order valence-corrected chi connectivity index (χ3v) is 7.27. The molecule has 1 saturated heterocycles. The van der Waals surface area contributed by atoms with Crippen LogP contribution in [0.25, 0.3) is 10.2 Å². The maximum Gasteiger partial charge on any atom is 0.232 e. The predicted molar refractivity (Wildman–Crippen MR) is 115 cm³/mol. The van der Waals surface area contributed by atoms with Crippen LogP contribution in [0.15, 0.2) is 48.5 Å². The van der Waals surface area contributed by atoms with E-state index in [-0.39, 0.29) is 5.91 Å². The predicted octanol–water partition coefficient (Wildman–Crippen LogP) is 4.81. The van der Waals surface area contributed by atoms with Crippen molar-refractivity contribution in [2.45, 2.75) is 24.5 Å². The molecule has 4 rings (SSSR count). The van der Waals surface area contributed by atoms with Crippen LogP contribution in [-0.4, -0.2) is 34.6 Å². The smallest absolute Gasteiger partial charge is 0.232 e. The normalized spacial score (nSPS) is 14.9. The Morgan fingerprint density at radius 2 is 1.93 bits per heavy atom. The number of hydrogen-bond acceptors (Lipinski definition) is 5. The number of rotatable bonds is 5. The number of aromatic nitrogens is 1. The van der Waals surface area contributed by atoms with Gasteiger partial charge >= 0.3 is 0 Å². The van der Waals surface area contributed by atoms with Gasteiger partial charge in [0.15, 0.2) is 0 Å². The number of piperidine rings is 1. The number of hydrogen-bond donors (Lipinski definition) is 0. The molecule has 142 valence electrons. The SMILES string of the molecule is N#Cc1ccc(CSCC(=O)N2CCC(c3nc4ccccc4s3)CC2)cc1. The third kappa shape index (κ3) is 4.37. The molecule has 4 nitrogen and oxygen atoms in total. The Labute approximate surface area is 173 Å². The second-order valence-corrected chi connectivity index (χ2v) is 9.02. The minimum absolute atomic E-state index is 0.224. The summed E-state index contributed by atoms with van der Waals surface area (Å²) < 4.78 is 1.25. The summed E-state index contributed by atoms with van der Waals surface area (Å²) in [5, 5.41) is 10.1. The van der Waals surface area contributed by atoms with Gasteiger partial charge in [0.1, 0.15) is 0 Å². The van der Waals surface area contributed by atoms with Gasteiger partial charge in [-0.15, -0.1) is 23.1 Å². The van der Waals surface area contributed by atoms with Crippen molar-refractivity contribution in [3.05, 3.63) is 64.7 Å². The van der Waals surface area contributed by atoms with Crippen molar-refractivity contribution in [2.75, 3.05) is 18.8 Å². The van der Waals surface area contributed by atoms with E-state index in [9.17, 15) is 4.79 Å². The first kappa shape index (κ1) is 19.0. The second-order valence-electron chi connectivity index (χ2n) is 6.98. The molecule has 0 spiro atoms. The lowest BCUT2D eigenvalue weighted by Crippen LogP contribution is -2.38. The van der Waals surface area contributed by atoms with E-state index in [1.165, 1.54) is 9.71 Å². The maximum atomic E-state index is 12.5. The van der Waals surface area contributed by atoms with Gasteiger partial charge in [0.2, 0.25) is 5.91 Å². The van der Waals surface area contributed by atoms with Crippen molar-refractivity contribution in [2.24, 2.45) is 0 Å². The molecule has 2 heterocycles. The van der Waals surface area contributed by atoms with E-state index in [2.05, 4.69) is 24.3 Å². The minimum atomic E-state index is 0.224. The molecule has 0 radical (unpaired) electrons. The molecule has 0 N–H and O–H groups in total. The van der Waals surface area contributed by atoms with Gasteiger partial charge in [0, 0.05) is 24.8 Å². The molecule has 28 heavy (non-hydrogen) atoms. The number of thioether (sulfide) groups is 1. The molecule has 0 atom stereocenters. The molecule has 1 aliphatic rings. The Morgan fingerprint density at radius 1 is 1.18 bits per heavy atom. The highest BCUT2D eigenvalue weighted by Crippen LogP contribution is 2.33. The summed E-state index contributed by atoms with van der Waals surface area (Å²) in [6.45, 7) is 1.63. The molecule has 0 unspecified atom stereocenters. The number of carbonyl (C=O) groups excluding carboxylic acids is 1. The number of nitriles is 1. The number of nitrogens with zero attached hydrogens (tertiary/aromatic N) is 3. The zero-order chi connectivity index (χ0) is 19.3. The molecule has 1 amide bonds. The van der Waals surface area contributed by atoms with Crippen molar-refractivity contribution < 1.29 is 4.79 Å². The quantitative estimate of drug-likeness (QED) is 0.609. The molecule has 6 heteroatoms. The van der Waals surface area contributed by atoms with Gasteiger partial charge in [-0.1, -0.05) is 24.3 Å². The second kappa shape index (κ2) is 8.76. The first-order chi connectivity index (χ1) is 13.7. The summed E-state index contributed by atoms with van der Waals surface area (Å²) >= 11 is 3.43. The number of thiazole rings is 1. The van der Waals surface area contributed by atoms with Crippen LogP contribution in [-0.2, 0) is 10.5 Å². The van der Waals surface area contributed by atoms with E-state index < -0.39 is 0 Å². The standard InChI is InChI=1S/C22H21N3OS2/c23-13-16-5-7-17(8-6-16)14-27-15-21(26)25-11-9-18(10-12-25)22-24-19-3-1-2-4-20(19)28-22/h1-8,18H,9-12,14-15H2. The number of likely N-dealkylation sites (tertiary alicyclic amines) is 1. The molecule has 1 aromatic heterocycles. The molecule has 1 aliphatic heterocycles. The van der Waals surface area contributed by atoms with Crippen LogP contribution >= 0.6 is 23.1 Å². The fourth-order valence-corrected chi connectivity index (χ4v) is 5.49. The van der Waals surface area contributed by atoms with Crippen LogP contribution in [0.2, 0.25) is 0 Å². The Kier molecular flexibility index (Phi) is 5.94. The number of benzene rings is 2. The highest BCUT2D eigenvalue weighted by Gasteiger charge is 2.25.